The average molecular weight is 281 g/mol. The van der Waals surface area contributed by atoms with Crippen LogP contribution in [-0.4, -0.2) is 34.7 Å². The predicted octanol–water partition coefficient (Wildman–Crippen LogP) is 2.34. The van der Waals surface area contributed by atoms with E-state index in [4.69, 9.17) is 9.84 Å². The molecule has 0 spiro atoms. The number of carbonyl (C=O) groups is 1. The van der Waals surface area contributed by atoms with Gasteiger partial charge in [-0.25, -0.2) is 4.98 Å². The van der Waals surface area contributed by atoms with Crippen LogP contribution in [0, 0.1) is 18.8 Å². The summed E-state index contributed by atoms with van der Waals surface area (Å²) < 4.78 is 5.09. The lowest BCUT2D eigenvalue weighted by Crippen LogP contribution is -2.20. The zero-order valence-corrected chi connectivity index (χ0v) is 12.5. The molecule has 112 valence electrons. The van der Waals surface area contributed by atoms with Crippen LogP contribution in [0.3, 0.4) is 0 Å². The van der Waals surface area contributed by atoms with Crippen LogP contribution in [0.15, 0.2) is 6.07 Å². The van der Waals surface area contributed by atoms with Gasteiger partial charge >= 0.3 is 5.97 Å². The standard InChI is InChI=1S/C14H23N3O3/c1-9(2)5-11(6-14(18)19)8-15-12-7-13(20-4)17-10(3)16-12/h7,9,11H,5-6,8H2,1-4H3,(H,18,19)(H,15,16,17). The molecule has 0 aliphatic carbocycles. The Morgan fingerprint density at radius 1 is 1.45 bits per heavy atom. The summed E-state index contributed by atoms with van der Waals surface area (Å²) in [5.74, 6) is 1.54. The van der Waals surface area contributed by atoms with Crippen molar-refractivity contribution in [1.29, 1.82) is 0 Å². The summed E-state index contributed by atoms with van der Waals surface area (Å²) in [5, 5.41) is 12.1. The Kier molecular flexibility index (Phi) is 6.21. The van der Waals surface area contributed by atoms with Gasteiger partial charge in [-0.2, -0.15) is 4.98 Å². The number of nitrogens with one attached hydrogen (secondary N) is 1. The Morgan fingerprint density at radius 2 is 2.15 bits per heavy atom. The maximum Gasteiger partial charge on any atom is 0.303 e. The zero-order valence-electron chi connectivity index (χ0n) is 12.5. The first-order valence-electron chi connectivity index (χ1n) is 6.76. The first kappa shape index (κ1) is 16.2. The molecule has 0 saturated carbocycles. The van der Waals surface area contributed by atoms with Crippen LogP contribution < -0.4 is 10.1 Å². The quantitative estimate of drug-likeness (QED) is 0.761. The smallest absolute Gasteiger partial charge is 0.303 e. The number of aliphatic carboxylic acids is 1. The molecular formula is C14H23N3O3. The Labute approximate surface area is 119 Å². The molecular weight excluding hydrogens is 258 g/mol. The molecule has 1 aromatic rings. The van der Waals surface area contributed by atoms with Gasteiger partial charge in [-0.05, 0) is 25.2 Å². The van der Waals surface area contributed by atoms with Crippen molar-refractivity contribution in [3.63, 3.8) is 0 Å². The van der Waals surface area contributed by atoms with Gasteiger partial charge in [0.25, 0.3) is 0 Å². The molecule has 1 rings (SSSR count). The van der Waals surface area contributed by atoms with Crippen LogP contribution in [0.5, 0.6) is 5.88 Å². The Balaban J connectivity index is 2.66. The third-order valence-corrected chi connectivity index (χ3v) is 2.86. The van der Waals surface area contributed by atoms with E-state index in [1.165, 1.54) is 0 Å². The van der Waals surface area contributed by atoms with Gasteiger partial charge in [0, 0.05) is 19.0 Å². The Hall–Kier alpha value is -1.85. The van der Waals surface area contributed by atoms with E-state index in [-0.39, 0.29) is 12.3 Å². The molecule has 0 aromatic carbocycles. The van der Waals surface area contributed by atoms with E-state index >= 15 is 0 Å². The SMILES string of the molecule is COc1cc(NCC(CC(=O)O)CC(C)C)nc(C)n1. The molecule has 2 N–H and O–H groups in total. The number of nitrogens with zero attached hydrogens (tertiary/aromatic N) is 2. The highest BCUT2D eigenvalue weighted by Gasteiger charge is 2.15. The topological polar surface area (TPSA) is 84.3 Å². The molecule has 0 aliphatic heterocycles. The maximum absolute atomic E-state index is 10.9. The summed E-state index contributed by atoms with van der Waals surface area (Å²) in [6.07, 6.45) is 1.02. The number of aromatic nitrogens is 2. The van der Waals surface area contributed by atoms with E-state index < -0.39 is 5.97 Å². The summed E-state index contributed by atoms with van der Waals surface area (Å²) in [6, 6.07) is 1.71. The average Bonchev–Trinajstić information content (AvgIpc) is 2.34. The van der Waals surface area contributed by atoms with Crippen LogP contribution in [0.2, 0.25) is 0 Å². The monoisotopic (exact) mass is 281 g/mol. The van der Waals surface area contributed by atoms with E-state index in [0.717, 1.165) is 6.42 Å². The molecule has 1 aromatic heterocycles. The third-order valence-electron chi connectivity index (χ3n) is 2.86. The van der Waals surface area contributed by atoms with Crippen molar-refractivity contribution >= 4 is 11.8 Å². The van der Waals surface area contributed by atoms with Crippen LogP contribution in [0.1, 0.15) is 32.5 Å². The van der Waals surface area contributed by atoms with Crippen LogP contribution in [-0.2, 0) is 4.79 Å². The molecule has 0 aliphatic rings. The van der Waals surface area contributed by atoms with E-state index in [9.17, 15) is 4.79 Å². The number of hydrogen-bond donors (Lipinski definition) is 2. The van der Waals surface area contributed by atoms with E-state index in [0.29, 0.717) is 30.0 Å². The second-order valence-electron chi connectivity index (χ2n) is 5.32. The fourth-order valence-electron chi connectivity index (χ4n) is 2.14. The van der Waals surface area contributed by atoms with Gasteiger partial charge in [-0.15, -0.1) is 0 Å². The fraction of sp³-hybridized carbons (Fsp3) is 0.643. The highest BCUT2D eigenvalue weighted by Crippen LogP contribution is 2.18. The summed E-state index contributed by atoms with van der Waals surface area (Å²) in [6.45, 7) is 6.54. The van der Waals surface area contributed by atoms with E-state index in [2.05, 4.69) is 29.1 Å². The highest BCUT2D eigenvalue weighted by molar-refractivity contribution is 5.67. The van der Waals surface area contributed by atoms with E-state index in [1.54, 1.807) is 20.1 Å². The lowest BCUT2D eigenvalue weighted by atomic mass is 9.94. The van der Waals surface area contributed by atoms with Gasteiger partial charge in [-0.3, -0.25) is 4.79 Å². The summed E-state index contributed by atoms with van der Waals surface area (Å²) in [7, 11) is 1.55. The number of carboxylic acids is 1. The van der Waals surface area contributed by atoms with Crippen molar-refractivity contribution < 1.29 is 14.6 Å². The number of ether oxygens (including phenoxy) is 1. The van der Waals surface area contributed by atoms with Gasteiger partial charge < -0.3 is 15.2 Å². The lowest BCUT2D eigenvalue weighted by molar-refractivity contribution is -0.138. The molecule has 0 bridgehead atoms. The van der Waals surface area contributed by atoms with E-state index in [1.807, 2.05) is 0 Å². The first-order chi connectivity index (χ1) is 9.40. The van der Waals surface area contributed by atoms with Crippen molar-refractivity contribution in [2.75, 3.05) is 19.0 Å². The molecule has 1 atom stereocenters. The van der Waals surface area contributed by atoms with Crippen molar-refractivity contribution in [3.05, 3.63) is 11.9 Å². The second-order valence-corrected chi connectivity index (χ2v) is 5.32. The van der Waals surface area contributed by atoms with Crippen LogP contribution in [0.25, 0.3) is 0 Å². The van der Waals surface area contributed by atoms with Gasteiger partial charge in [0.15, 0.2) is 0 Å². The number of anilines is 1. The Bertz CT molecular complexity index is 449. The molecule has 6 nitrogen and oxygen atoms in total. The van der Waals surface area contributed by atoms with Crippen molar-refractivity contribution in [2.24, 2.45) is 11.8 Å². The van der Waals surface area contributed by atoms with Gasteiger partial charge in [0.2, 0.25) is 5.88 Å². The number of methoxy groups -OCH3 is 1. The minimum absolute atomic E-state index is 0.0776. The molecule has 0 radical (unpaired) electrons. The minimum atomic E-state index is -0.770. The van der Waals surface area contributed by atoms with Crippen molar-refractivity contribution in [3.8, 4) is 5.88 Å². The number of aryl methyl sites for hydroxylation is 1. The molecule has 0 saturated heterocycles. The van der Waals surface area contributed by atoms with Gasteiger partial charge in [-0.1, -0.05) is 13.8 Å². The first-order valence-corrected chi connectivity index (χ1v) is 6.76. The molecule has 1 heterocycles. The number of hydrogen-bond acceptors (Lipinski definition) is 5. The summed E-state index contributed by atoms with van der Waals surface area (Å²) in [4.78, 5) is 19.3. The summed E-state index contributed by atoms with van der Waals surface area (Å²) in [5.41, 5.74) is 0. The normalized spacial score (nSPS) is 12.2. The molecule has 20 heavy (non-hydrogen) atoms. The fourth-order valence-corrected chi connectivity index (χ4v) is 2.14. The Morgan fingerprint density at radius 3 is 2.70 bits per heavy atom. The minimum Gasteiger partial charge on any atom is -0.481 e. The number of rotatable bonds is 8. The van der Waals surface area contributed by atoms with Gasteiger partial charge in [0.05, 0.1) is 7.11 Å². The van der Waals surface area contributed by atoms with Crippen molar-refractivity contribution in [1.82, 2.24) is 9.97 Å². The molecule has 6 heteroatoms. The third kappa shape index (κ3) is 5.86. The largest absolute Gasteiger partial charge is 0.481 e. The van der Waals surface area contributed by atoms with Crippen LogP contribution in [0.4, 0.5) is 5.82 Å². The number of carboxylic acid groups (broad SMARTS) is 1. The van der Waals surface area contributed by atoms with Crippen LogP contribution >= 0.6 is 0 Å². The summed E-state index contributed by atoms with van der Waals surface area (Å²) >= 11 is 0. The molecule has 1 unspecified atom stereocenters. The second kappa shape index (κ2) is 7.67. The van der Waals surface area contributed by atoms with Gasteiger partial charge in [0.1, 0.15) is 11.6 Å². The predicted molar refractivity (Wildman–Crippen MR) is 77.0 cm³/mol. The highest BCUT2D eigenvalue weighted by atomic mass is 16.5. The lowest BCUT2D eigenvalue weighted by Gasteiger charge is -2.18. The molecule has 0 amide bonds. The van der Waals surface area contributed by atoms with Crippen molar-refractivity contribution in [2.45, 2.75) is 33.6 Å². The zero-order chi connectivity index (χ0) is 15.1. The maximum atomic E-state index is 10.9. The molecule has 0 fully saturated rings.